The van der Waals surface area contributed by atoms with Crippen LogP contribution in [0.5, 0.6) is 0 Å². The van der Waals surface area contributed by atoms with E-state index in [0.29, 0.717) is 50.3 Å². The molecule has 9 nitrogen and oxygen atoms in total. The monoisotopic (exact) mass is 642 g/mol. The van der Waals surface area contributed by atoms with Crippen LogP contribution in [-0.4, -0.2) is 54.3 Å². The van der Waals surface area contributed by atoms with Gasteiger partial charge < -0.3 is 25.8 Å². The number of para-hydroxylation sites is 1. The van der Waals surface area contributed by atoms with Crippen LogP contribution >= 0.6 is 0 Å². The SMILES string of the molecule is CNCc1ccccc1CN(CC(=O)Nc1ccc2c(c1)C[C@@]1(C2)C(=O)Nc2ncccc21)C(=O)C1(C)CCN(c2ccccc2)CC1. The predicted octanol–water partition coefficient (Wildman–Crippen LogP) is 5.06. The van der Waals surface area contributed by atoms with Crippen molar-refractivity contribution in [3.8, 4) is 0 Å². The van der Waals surface area contributed by atoms with Gasteiger partial charge in [-0.05, 0) is 85.3 Å². The zero-order chi connectivity index (χ0) is 33.3. The lowest BCUT2D eigenvalue weighted by molar-refractivity contribution is -0.145. The number of carbonyl (C=O) groups is 3. The van der Waals surface area contributed by atoms with Crippen molar-refractivity contribution in [3.05, 3.63) is 119 Å². The molecule has 1 aromatic heterocycles. The summed E-state index contributed by atoms with van der Waals surface area (Å²) in [6.07, 6.45) is 4.23. The minimum atomic E-state index is -0.677. The first-order chi connectivity index (χ1) is 23.3. The van der Waals surface area contributed by atoms with E-state index in [1.54, 1.807) is 11.1 Å². The molecule has 2 aliphatic heterocycles. The Morgan fingerprint density at radius 2 is 1.65 bits per heavy atom. The maximum atomic E-state index is 14.4. The van der Waals surface area contributed by atoms with Crippen molar-refractivity contribution in [2.75, 3.05) is 42.2 Å². The van der Waals surface area contributed by atoms with Gasteiger partial charge in [0, 0.05) is 54.7 Å². The molecule has 1 fully saturated rings. The summed E-state index contributed by atoms with van der Waals surface area (Å²) in [5.74, 6) is 0.346. The summed E-state index contributed by atoms with van der Waals surface area (Å²) in [6, 6.07) is 28.1. The topological polar surface area (TPSA) is 107 Å². The molecule has 3 heterocycles. The largest absolute Gasteiger partial charge is 0.371 e. The third-order valence-electron chi connectivity index (χ3n) is 10.4. The molecule has 1 saturated heterocycles. The van der Waals surface area contributed by atoms with Gasteiger partial charge >= 0.3 is 0 Å². The van der Waals surface area contributed by atoms with Gasteiger partial charge in [-0.2, -0.15) is 0 Å². The summed E-state index contributed by atoms with van der Waals surface area (Å²) in [5, 5.41) is 9.24. The first kappa shape index (κ1) is 31.6. The highest BCUT2D eigenvalue weighted by molar-refractivity contribution is 6.06. The zero-order valence-electron chi connectivity index (χ0n) is 27.6. The third kappa shape index (κ3) is 5.94. The molecule has 48 heavy (non-hydrogen) atoms. The van der Waals surface area contributed by atoms with E-state index in [-0.39, 0.29) is 24.3 Å². The number of nitrogens with zero attached hydrogens (tertiary/aromatic N) is 3. The Labute approximate surface area is 281 Å². The Morgan fingerprint density at radius 3 is 2.42 bits per heavy atom. The Bertz CT molecular complexity index is 1850. The van der Waals surface area contributed by atoms with Crippen molar-refractivity contribution >= 4 is 34.9 Å². The summed E-state index contributed by atoms with van der Waals surface area (Å²) in [7, 11) is 1.90. The molecule has 0 saturated carbocycles. The molecule has 3 N–H and O–H groups in total. The van der Waals surface area contributed by atoms with Gasteiger partial charge in [-0.25, -0.2) is 4.98 Å². The molecule has 9 heteroatoms. The minimum absolute atomic E-state index is 0.0000353. The average molecular weight is 643 g/mol. The van der Waals surface area contributed by atoms with E-state index in [4.69, 9.17) is 0 Å². The van der Waals surface area contributed by atoms with Crippen LogP contribution in [-0.2, 0) is 45.7 Å². The molecule has 4 aromatic rings. The van der Waals surface area contributed by atoms with Gasteiger partial charge in [0.25, 0.3) is 0 Å². The van der Waals surface area contributed by atoms with E-state index in [1.165, 1.54) is 5.69 Å². The number of rotatable bonds is 9. The molecule has 3 aliphatic rings. The molecule has 0 bridgehead atoms. The van der Waals surface area contributed by atoms with Gasteiger partial charge in [-0.3, -0.25) is 14.4 Å². The first-order valence-corrected chi connectivity index (χ1v) is 16.8. The molecule has 0 radical (unpaired) electrons. The van der Waals surface area contributed by atoms with Crippen molar-refractivity contribution in [3.63, 3.8) is 0 Å². The molecule has 246 valence electrons. The number of nitrogens with one attached hydrogen (secondary N) is 3. The van der Waals surface area contributed by atoms with Crippen LogP contribution in [0.4, 0.5) is 17.2 Å². The van der Waals surface area contributed by atoms with Crippen LogP contribution in [0, 0.1) is 5.41 Å². The molecular weight excluding hydrogens is 600 g/mol. The van der Waals surface area contributed by atoms with Gasteiger partial charge in [-0.1, -0.05) is 61.5 Å². The number of hydrogen-bond acceptors (Lipinski definition) is 6. The van der Waals surface area contributed by atoms with Crippen LogP contribution in [0.15, 0.2) is 91.1 Å². The van der Waals surface area contributed by atoms with E-state index in [9.17, 15) is 14.4 Å². The lowest BCUT2D eigenvalue weighted by Gasteiger charge is -2.42. The summed E-state index contributed by atoms with van der Waals surface area (Å²) in [6.45, 7) is 4.55. The third-order valence-corrected chi connectivity index (χ3v) is 10.4. The second kappa shape index (κ2) is 12.9. The maximum Gasteiger partial charge on any atom is 0.244 e. The van der Waals surface area contributed by atoms with Crippen molar-refractivity contribution in [1.82, 2.24) is 15.2 Å². The summed E-state index contributed by atoms with van der Waals surface area (Å²) in [4.78, 5) is 49.7. The molecule has 7 rings (SSSR count). The number of anilines is 3. The number of pyridine rings is 1. The number of carbonyl (C=O) groups excluding carboxylic acids is 3. The van der Waals surface area contributed by atoms with Crippen molar-refractivity contribution in [2.45, 2.75) is 51.1 Å². The molecule has 3 aromatic carbocycles. The highest BCUT2D eigenvalue weighted by Crippen LogP contribution is 2.47. The van der Waals surface area contributed by atoms with Gasteiger partial charge in [0.05, 0.1) is 5.41 Å². The summed E-state index contributed by atoms with van der Waals surface area (Å²) >= 11 is 0. The fourth-order valence-corrected chi connectivity index (χ4v) is 7.69. The maximum absolute atomic E-state index is 14.4. The van der Waals surface area contributed by atoms with E-state index < -0.39 is 10.8 Å². The van der Waals surface area contributed by atoms with Crippen molar-refractivity contribution in [2.24, 2.45) is 5.41 Å². The van der Waals surface area contributed by atoms with E-state index in [1.807, 2.05) is 80.7 Å². The highest BCUT2D eigenvalue weighted by atomic mass is 16.2. The van der Waals surface area contributed by atoms with Gasteiger partial charge in [0.1, 0.15) is 12.4 Å². The van der Waals surface area contributed by atoms with E-state index >= 15 is 0 Å². The second-order valence-electron chi connectivity index (χ2n) is 13.7. The minimum Gasteiger partial charge on any atom is -0.371 e. The highest BCUT2D eigenvalue weighted by Gasteiger charge is 2.51. The molecular formula is C39H42N6O3. The van der Waals surface area contributed by atoms with Gasteiger partial charge in [0.15, 0.2) is 0 Å². The number of benzene rings is 3. The number of aromatic nitrogens is 1. The summed E-state index contributed by atoms with van der Waals surface area (Å²) in [5.41, 5.74) is 5.73. The van der Waals surface area contributed by atoms with Crippen molar-refractivity contribution < 1.29 is 14.4 Å². The Morgan fingerprint density at radius 1 is 0.917 bits per heavy atom. The second-order valence-corrected chi connectivity index (χ2v) is 13.7. The van der Waals surface area contributed by atoms with Crippen LogP contribution in [0.1, 0.15) is 47.6 Å². The fraction of sp³-hybridized carbons (Fsp3) is 0.333. The predicted molar refractivity (Wildman–Crippen MR) is 188 cm³/mol. The van der Waals surface area contributed by atoms with Crippen LogP contribution in [0.2, 0.25) is 0 Å². The number of hydrogen-bond donors (Lipinski definition) is 3. The van der Waals surface area contributed by atoms with E-state index in [2.05, 4.69) is 44.0 Å². The Balaban J connectivity index is 1.08. The molecule has 3 amide bonds. The molecule has 1 aliphatic carbocycles. The standard InChI is InChI=1S/C39H42N6O3/c1-38(16-19-44(20-17-38)32-11-4-3-5-12-32)37(48)45(25-29-10-7-6-9-28(29)24-40-2)26-34(46)42-31-15-14-27-22-39(23-30(27)21-31)33-13-8-18-41-35(33)43-36(39)47/h3-15,18,21,40H,16-17,19-20,22-26H2,1-2H3,(H,42,46)(H,41,43,47)/t39-/m1/s1. The number of amides is 3. The van der Waals surface area contributed by atoms with E-state index in [0.717, 1.165) is 40.9 Å². The zero-order valence-corrected chi connectivity index (χ0v) is 27.6. The molecule has 0 unspecified atom stereocenters. The molecule has 1 spiro atoms. The number of piperidine rings is 1. The average Bonchev–Trinajstić information content (AvgIpc) is 3.62. The van der Waals surface area contributed by atoms with Gasteiger partial charge in [0.2, 0.25) is 17.7 Å². The van der Waals surface area contributed by atoms with Gasteiger partial charge in [-0.15, -0.1) is 0 Å². The number of fused-ring (bicyclic) bond motifs is 3. The van der Waals surface area contributed by atoms with Crippen molar-refractivity contribution in [1.29, 1.82) is 0 Å². The molecule has 1 atom stereocenters. The lowest BCUT2D eigenvalue weighted by atomic mass is 9.78. The van der Waals surface area contributed by atoms with Crippen LogP contribution in [0.3, 0.4) is 0 Å². The fourth-order valence-electron chi connectivity index (χ4n) is 7.69. The smallest absolute Gasteiger partial charge is 0.244 e. The van der Waals surface area contributed by atoms with Crippen LogP contribution in [0.25, 0.3) is 0 Å². The first-order valence-electron chi connectivity index (χ1n) is 16.8. The normalized spacial score (nSPS) is 19.0. The summed E-state index contributed by atoms with van der Waals surface area (Å²) < 4.78 is 0. The van der Waals surface area contributed by atoms with Crippen LogP contribution < -0.4 is 20.9 Å². The lowest BCUT2D eigenvalue weighted by Crippen LogP contribution is -2.50. The Hall–Kier alpha value is -5.02. The Kier molecular flexibility index (Phi) is 8.47. The quantitative estimate of drug-likeness (QED) is 0.236.